The molecular weight excluding hydrogens is 356 g/mol. The molecule has 0 bridgehead atoms. The van der Waals surface area contributed by atoms with Crippen LogP contribution in [-0.4, -0.2) is 24.5 Å². The lowest BCUT2D eigenvalue weighted by Crippen LogP contribution is -2.48. The molecule has 2 rings (SSSR count). The topological polar surface area (TPSA) is 76.7 Å². The van der Waals surface area contributed by atoms with Gasteiger partial charge in [-0.3, -0.25) is 20.4 Å². The number of halogens is 1. The number of hydrogen-bond donors (Lipinski definition) is 2. The molecule has 2 aromatic carbocycles. The van der Waals surface area contributed by atoms with Crippen molar-refractivity contribution in [3.63, 3.8) is 0 Å². The summed E-state index contributed by atoms with van der Waals surface area (Å²) in [5.74, 6) is 0.145. The number of benzene rings is 2. The Kier molecular flexibility index (Phi) is 7.29. The zero-order chi connectivity index (χ0) is 18.9. The van der Waals surface area contributed by atoms with Crippen LogP contribution in [0.2, 0.25) is 5.02 Å². The number of hydrazine groups is 1. The molecule has 2 amide bonds. The average Bonchev–Trinajstić information content (AvgIpc) is 2.64. The predicted octanol–water partition coefficient (Wildman–Crippen LogP) is 2.90. The number of para-hydroxylation sites is 1. The summed E-state index contributed by atoms with van der Waals surface area (Å²) in [5, 5.41) is 0.507. The van der Waals surface area contributed by atoms with E-state index in [-0.39, 0.29) is 6.61 Å². The van der Waals surface area contributed by atoms with E-state index in [0.717, 1.165) is 12.0 Å². The van der Waals surface area contributed by atoms with Crippen LogP contribution in [0.3, 0.4) is 0 Å². The Morgan fingerprint density at radius 3 is 2.62 bits per heavy atom. The largest absolute Gasteiger partial charge is 0.483 e. The summed E-state index contributed by atoms with van der Waals surface area (Å²) in [6, 6.07) is 14.2. The Morgan fingerprint density at radius 1 is 1.12 bits per heavy atom. The van der Waals surface area contributed by atoms with Crippen molar-refractivity contribution in [2.24, 2.45) is 0 Å². The Morgan fingerprint density at radius 2 is 1.88 bits per heavy atom. The number of rotatable bonds is 7. The molecule has 7 heteroatoms. The molecule has 2 aromatic rings. The zero-order valence-electron chi connectivity index (χ0n) is 14.6. The van der Waals surface area contributed by atoms with Gasteiger partial charge < -0.3 is 9.47 Å². The third kappa shape index (κ3) is 5.97. The molecule has 0 aromatic heterocycles. The summed E-state index contributed by atoms with van der Waals surface area (Å²) in [5.41, 5.74) is 5.61. The molecule has 0 saturated carbocycles. The zero-order valence-corrected chi connectivity index (χ0v) is 15.4. The lowest BCUT2D eigenvalue weighted by molar-refractivity contribution is -0.133. The van der Waals surface area contributed by atoms with Crippen molar-refractivity contribution in [2.45, 2.75) is 26.4 Å². The van der Waals surface area contributed by atoms with Gasteiger partial charge in [-0.2, -0.15) is 0 Å². The van der Waals surface area contributed by atoms with Crippen LogP contribution in [0.5, 0.6) is 11.5 Å². The lowest BCUT2D eigenvalue weighted by Gasteiger charge is -2.15. The lowest BCUT2D eigenvalue weighted by atomic mass is 10.1. The van der Waals surface area contributed by atoms with E-state index in [2.05, 4.69) is 10.9 Å². The third-order valence-electron chi connectivity index (χ3n) is 3.52. The van der Waals surface area contributed by atoms with E-state index in [1.165, 1.54) is 0 Å². The number of carbonyl (C=O) groups excluding carboxylic acids is 2. The standard InChI is InChI=1S/C19H21ClN2O4/c1-3-14-7-4-5-10-17(14)25-12-18(23)21-22-19(24)13(2)26-16-9-6-8-15(20)11-16/h4-11,13H,3,12H2,1-2H3,(H,21,23)(H,22,24). The molecule has 1 atom stereocenters. The fourth-order valence-corrected chi connectivity index (χ4v) is 2.33. The molecule has 26 heavy (non-hydrogen) atoms. The van der Waals surface area contributed by atoms with Crippen molar-refractivity contribution in [3.05, 3.63) is 59.1 Å². The van der Waals surface area contributed by atoms with E-state index in [1.54, 1.807) is 37.3 Å². The highest BCUT2D eigenvalue weighted by Crippen LogP contribution is 2.19. The van der Waals surface area contributed by atoms with Gasteiger partial charge in [0.15, 0.2) is 12.7 Å². The van der Waals surface area contributed by atoms with Gasteiger partial charge >= 0.3 is 0 Å². The highest BCUT2D eigenvalue weighted by atomic mass is 35.5. The maximum atomic E-state index is 12.0. The Labute approximate surface area is 157 Å². The van der Waals surface area contributed by atoms with Gasteiger partial charge in [-0.1, -0.05) is 42.8 Å². The van der Waals surface area contributed by atoms with Crippen molar-refractivity contribution >= 4 is 23.4 Å². The first-order valence-corrected chi connectivity index (χ1v) is 8.59. The van der Waals surface area contributed by atoms with Gasteiger partial charge in [0.25, 0.3) is 11.8 Å². The van der Waals surface area contributed by atoms with Gasteiger partial charge in [-0.05, 0) is 43.2 Å². The SMILES string of the molecule is CCc1ccccc1OCC(=O)NNC(=O)C(C)Oc1cccc(Cl)c1. The molecular formula is C19H21ClN2O4. The van der Waals surface area contributed by atoms with E-state index in [0.29, 0.717) is 16.5 Å². The van der Waals surface area contributed by atoms with Gasteiger partial charge in [0, 0.05) is 5.02 Å². The number of aryl methyl sites for hydroxylation is 1. The van der Waals surface area contributed by atoms with E-state index in [4.69, 9.17) is 21.1 Å². The molecule has 1 unspecified atom stereocenters. The summed E-state index contributed by atoms with van der Waals surface area (Å²) >= 11 is 5.87. The minimum Gasteiger partial charge on any atom is -0.483 e. The van der Waals surface area contributed by atoms with Gasteiger partial charge in [0.2, 0.25) is 0 Å². The number of nitrogens with one attached hydrogen (secondary N) is 2. The van der Waals surface area contributed by atoms with E-state index in [1.807, 2.05) is 25.1 Å². The first-order valence-electron chi connectivity index (χ1n) is 8.21. The summed E-state index contributed by atoms with van der Waals surface area (Å²) < 4.78 is 11.0. The van der Waals surface area contributed by atoms with Crippen LogP contribution in [0.1, 0.15) is 19.4 Å². The molecule has 2 N–H and O–H groups in total. The van der Waals surface area contributed by atoms with Crippen LogP contribution in [0.4, 0.5) is 0 Å². The summed E-state index contributed by atoms with van der Waals surface area (Å²) in [6.07, 6.45) is -0.0112. The highest BCUT2D eigenvalue weighted by Gasteiger charge is 2.16. The molecule has 0 heterocycles. The normalized spacial score (nSPS) is 11.3. The second-order valence-electron chi connectivity index (χ2n) is 5.50. The number of carbonyl (C=O) groups is 2. The van der Waals surface area contributed by atoms with Crippen LogP contribution in [0.25, 0.3) is 0 Å². The van der Waals surface area contributed by atoms with Gasteiger partial charge in [0.05, 0.1) is 0 Å². The first kappa shape index (κ1) is 19.6. The number of amides is 2. The Balaban J connectivity index is 1.76. The monoisotopic (exact) mass is 376 g/mol. The van der Waals surface area contributed by atoms with Crippen LogP contribution in [-0.2, 0) is 16.0 Å². The van der Waals surface area contributed by atoms with Gasteiger partial charge in [-0.15, -0.1) is 0 Å². The van der Waals surface area contributed by atoms with Crippen molar-refractivity contribution < 1.29 is 19.1 Å². The molecule has 0 aliphatic rings. The predicted molar refractivity (Wildman–Crippen MR) is 99.1 cm³/mol. The maximum Gasteiger partial charge on any atom is 0.279 e. The molecule has 0 aliphatic heterocycles. The minimum atomic E-state index is -0.810. The van der Waals surface area contributed by atoms with Crippen molar-refractivity contribution in [3.8, 4) is 11.5 Å². The third-order valence-corrected chi connectivity index (χ3v) is 3.75. The van der Waals surface area contributed by atoms with Crippen LogP contribution < -0.4 is 20.3 Å². The van der Waals surface area contributed by atoms with Crippen LogP contribution >= 0.6 is 11.6 Å². The molecule has 138 valence electrons. The quantitative estimate of drug-likeness (QED) is 0.728. The molecule has 0 spiro atoms. The van der Waals surface area contributed by atoms with Crippen molar-refractivity contribution in [1.82, 2.24) is 10.9 Å². The second-order valence-corrected chi connectivity index (χ2v) is 5.94. The van der Waals surface area contributed by atoms with E-state index in [9.17, 15) is 9.59 Å². The summed E-state index contributed by atoms with van der Waals surface area (Å²) in [6.45, 7) is 3.36. The fraction of sp³-hybridized carbons (Fsp3) is 0.263. The molecule has 0 fully saturated rings. The smallest absolute Gasteiger partial charge is 0.279 e. The van der Waals surface area contributed by atoms with Gasteiger partial charge in [0.1, 0.15) is 11.5 Å². The van der Waals surface area contributed by atoms with Crippen LogP contribution in [0, 0.1) is 0 Å². The highest BCUT2D eigenvalue weighted by molar-refractivity contribution is 6.30. The second kappa shape index (κ2) is 9.68. The summed E-state index contributed by atoms with van der Waals surface area (Å²) in [7, 11) is 0. The van der Waals surface area contributed by atoms with E-state index >= 15 is 0 Å². The fourth-order valence-electron chi connectivity index (χ4n) is 2.15. The average molecular weight is 377 g/mol. The molecule has 0 aliphatic carbocycles. The first-order chi connectivity index (χ1) is 12.5. The Bertz CT molecular complexity index is 767. The number of hydrogen-bond acceptors (Lipinski definition) is 4. The molecule has 0 saturated heterocycles. The molecule has 0 radical (unpaired) electrons. The molecule has 6 nitrogen and oxygen atoms in total. The maximum absolute atomic E-state index is 12.0. The van der Waals surface area contributed by atoms with Crippen LogP contribution in [0.15, 0.2) is 48.5 Å². The van der Waals surface area contributed by atoms with Gasteiger partial charge in [-0.25, -0.2) is 0 Å². The van der Waals surface area contributed by atoms with Crippen molar-refractivity contribution in [1.29, 1.82) is 0 Å². The van der Waals surface area contributed by atoms with E-state index < -0.39 is 17.9 Å². The minimum absolute atomic E-state index is 0.208. The van der Waals surface area contributed by atoms with Crippen molar-refractivity contribution in [2.75, 3.05) is 6.61 Å². The Hall–Kier alpha value is -2.73. The number of ether oxygens (including phenoxy) is 2. The summed E-state index contributed by atoms with van der Waals surface area (Å²) in [4.78, 5) is 23.8.